The summed E-state index contributed by atoms with van der Waals surface area (Å²) >= 11 is 0. The van der Waals surface area contributed by atoms with Gasteiger partial charge in [-0.1, -0.05) is 37.1 Å². The first-order chi connectivity index (χ1) is 8.65. The molecular formula is C15H20O3. The normalized spacial score (nSPS) is 17.8. The quantitative estimate of drug-likeness (QED) is 0.842. The van der Waals surface area contributed by atoms with Gasteiger partial charge in [-0.15, -0.1) is 0 Å². The molecule has 1 unspecified atom stereocenters. The maximum atomic E-state index is 10.5. The minimum atomic E-state index is -0.954. The Bertz CT molecular complexity index is 391. The molecular weight excluding hydrogens is 228 g/mol. The molecule has 18 heavy (non-hydrogen) atoms. The monoisotopic (exact) mass is 248 g/mol. The Hall–Kier alpha value is -1.35. The van der Waals surface area contributed by atoms with Crippen molar-refractivity contribution in [3.63, 3.8) is 0 Å². The second-order valence-electron chi connectivity index (χ2n) is 5.18. The Labute approximate surface area is 107 Å². The lowest BCUT2D eigenvalue weighted by molar-refractivity contribution is -0.139. The third kappa shape index (κ3) is 3.57. The number of hydrogen-bond acceptors (Lipinski definition) is 2. The van der Waals surface area contributed by atoms with Crippen LogP contribution in [0.3, 0.4) is 0 Å². The average molecular weight is 248 g/mol. The van der Waals surface area contributed by atoms with Crippen molar-refractivity contribution in [2.75, 3.05) is 0 Å². The molecule has 1 fully saturated rings. The zero-order valence-corrected chi connectivity index (χ0v) is 10.5. The van der Waals surface area contributed by atoms with Crippen LogP contribution in [0.2, 0.25) is 0 Å². The van der Waals surface area contributed by atoms with Gasteiger partial charge in [-0.3, -0.25) is 4.79 Å². The van der Waals surface area contributed by atoms with Crippen molar-refractivity contribution in [1.29, 1.82) is 0 Å². The minimum absolute atomic E-state index is 0.190. The molecule has 1 atom stereocenters. The van der Waals surface area contributed by atoms with Gasteiger partial charge >= 0.3 is 5.97 Å². The van der Waals surface area contributed by atoms with E-state index >= 15 is 0 Å². The number of aliphatic hydroxyl groups is 1. The molecule has 0 amide bonds. The van der Waals surface area contributed by atoms with Gasteiger partial charge in [0.1, 0.15) is 0 Å². The Morgan fingerprint density at radius 1 is 1.22 bits per heavy atom. The Balaban J connectivity index is 1.92. The molecule has 0 bridgehead atoms. The first-order valence-corrected chi connectivity index (χ1v) is 6.64. The lowest BCUT2D eigenvalue weighted by Crippen LogP contribution is -2.15. The molecule has 0 aromatic heterocycles. The fraction of sp³-hybridized carbons (Fsp3) is 0.533. The van der Waals surface area contributed by atoms with Crippen molar-refractivity contribution in [3.8, 4) is 0 Å². The first-order valence-electron chi connectivity index (χ1n) is 6.64. The Morgan fingerprint density at radius 2 is 1.83 bits per heavy atom. The predicted octanol–water partition coefficient (Wildman–Crippen LogP) is 2.72. The number of benzene rings is 1. The molecule has 1 aromatic carbocycles. The molecule has 2 N–H and O–H groups in total. The Morgan fingerprint density at radius 3 is 2.39 bits per heavy atom. The van der Waals surface area contributed by atoms with E-state index in [1.165, 1.54) is 31.2 Å². The van der Waals surface area contributed by atoms with E-state index in [0.717, 1.165) is 5.56 Å². The molecule has 0 aliphatic heterocycles. The molecule has 98 valence electrons. The van der Waals surface area contributed by atoms with Crippen LogP contribution in [0.4, 0.5) is 0 Å². The highest BCUT2D eigenvalue weighted by molar-refractivity contribution is 5.67. The number of aliphatic carboxylic acids is 1. The van der Waals surface area contributed by atoms with E-state index in [4.69, 9.17) is 5.11 Å². The minimum Gasteiger partial charge on any atom is -0.481 e. The van der Waals surface area contributed by atoms with Gasteiger partial charge in [-0.05, 0) is 36.3 Å². The van der Waals surface area contributed by atoms with E-state index in [0.29, 0.717) is 12.3 Å². The molecule has 3 nitrogen and oxygen atoms in total. The SMILES string of the molecule is O=C(O)CC(O)Cc1ccc(C2CCCC2)cc1. The summed E-state index contributed by atoms with van der Waals surface area (Å²) in [5.74, 6) is -0.256. The molecule has 1 aliphatic rings. The van der Waals surface area contributed by atoms with Crippen LogP contribution >= 0.6 is 0 Å². The van der Waals surface area contributed by atoms with E-state index in [-0.39, 0.29) is 6.42 Å². The standard InChI is InChI=1S/C15H20O3/c16-14(10-15(17)18)9-11-5-7-13(8-6-11)12-3-1-2-4-12/h5-8,12,14,16H,1-4,9-10H2,(H,17,18). The number of carboxylic acid groups (broad SMARTS) is 1. The summed E-state index contributed by atoms with van der Waals surface area (Å²) in [4.78, 5) is 10.5. The molecule has 2 rings (SSSR count). The zero-order valence-electron chi connectivity index (χ0n) is 10.5. The van der Waals surface area contributed by atoms with E-state index in [1.54, 1.807) is 0 Å². The van der Waals surface area contributed by atoms with Crippen molar-refractivity contribution in [2.45, 2.75) is 50.5 Å². The van der Waals surface area contributed by atoms with E-state index in [9.17, 15) is 9.90 Å². The van der Waals surface area contributed by atoms with Gasteiger partial charge in [0.05, 0.1) is 12.5 Å². The maximum absolute atomic E-state index is 10.5. The topological polar surface area (TPSA) is 57.5 Å². The lowest BCUT2D eigenvalue weighted by Gasteiger charge is -2.12. The largest absolute Gasteiger partial charge is 0.481 e. The van der Waals surface area contributed by atoms with E-state index < -0.39 is 12.1 Å². The van der Waals surface area contributed by atoms with Gasteiger partial charge in [0.15, 0.2) is 0 Å². The second-order valence-corrected chi connectivity index (χ2v) is 5.18. The van der Waals surface area contributed by atoms with Crippen molar-refractivity contribution in [3.05, 3.63) is 35.4 Å². The average Bonchev–Trinajstić information content (AvgIpc) is 2.82. The third-order valence-corrected chi connectivity index (χ3v) is 3.69. The lowest BCUT2D eigenvalue weighted by atomic mass is 9.95. The summed E-state index contributed by atoms with van der Waals surface area (Å²) in [6, 6.07) is 8.27. The zero-order chi connectivity index (χ0) is 13.0. The highest BCUT2D eigenvalue weighted by Crippen LogP contribution is 2.34. The number of rotatable bonds is 5. The highest BCUT2D eigenvalue weighted by Gasteiger charge is 2.17. The van der Waals surface area contributed by atoms with E-state index in [2.05, 4.69) is 12.1 Å². The van der Waals surface area contributed by atoms with Crippen molar-refractivity contribution in [2.24, 2.45) is 0 Å². The molecule has 1 aliphatic carbocycles. The van der Waals surface area contributed by atoms with Crippen molar-refractivity contribution >= 4 is 5.97 Å². The molecule has 0 heterocycles. The van der Waals surface area contributed by atoms with Crippen LogP contribution in [-0.4, -0.2) is 22.3 Å². The first kappa shape index (κ1) is 13.1. The highest BCUT2D eigenvalue weighted by atomic mass is 16.4. The number of carboxylic acids is 1. The van der Waals surface area contributed by atoms with Crippen LogP contribution in [0.15, 0.2) is 24.3 Å². The molecule has 1 aromatic rings. The summed E-state index contributed by atoms with van der Waals surface area (Å²) in [5, 5.41) is 18.2. The van der Waals surface area contributed by atoms with Crippen LogP contribution < -0.4 is 0 Å². The van der Waals surface area contributed by atoms with E-state index in [1.807, 2.05) is 12.1 Å². The molecule has 0 radical (unpaired) electrons. The van der Waals surface area contributed by atoms with Gasteiger partial charge in [0, 0.05) is 0 Å². The molecule has 1 saturated carbocycles. The van der Waals surface area contributed by atoms with Crippen LogP contribution in [0.5, 0.6) is 0 Å². The van der Waals surface area contributed by atoms with Crippen molar-refractivity contribution in [1.82, 2.24) is 0 Å². The predicted molar refractivity (Wildman–Crippen MR) is 69.6 cm³/mol. The fourth-order valence-electron chi connectivity index (χ4n) is 2.73. The smallest absolute Gasteiger partial charge is 0.305 e. The van der Waals surface area contributed by atoms with Crippen LogP contribution in [-0.2, 0) is 11.2 Å². The number of aliphatic hydroxyl groups excluding tert-OH is 1. The molecule has 3 heteroatoms. The molecule has 0 spiro atoms. The van der Waals surface area contributed by atoms with Gasteiger partial charge in [0.25, 0.3) is 0 Å². The maximum Gasteiger partial charge on any atom is 0.305 e. The van der Waals surface area contributed by atoms with Gasteiger partial charge in [-0.25, -0.2) is 0 Å². The van der Waals surface area contributed by atoms with Crippen molar-refractivity contribution < 1.29 is 15.0 Å². The summed E-state index contributed by atoms with van der Waals surface area (Å²) in [5.41, 5.74) is 2.38. The summed E-state index contributed by atoms with van der Waals surface area (Å²) in [7, 11) is 0. The molecule has 0 saturated heterocycles. The van der Waals surface area contributed by atoms with Crippen LogP contribution in [0, 0.1) is 0 Å². The number of hydrogen-bond donors (Lipinski definition) is 2. The van der Waals surface area contributed by atoms with Crippen LogP contribution in [0.25, 0.3) is 0 Å². The third-order valence-electron chi connectivity index (χ3n) is 3.69. The summed E-state index contributed by atoms with van der Waals surface area (Å²) < 4.78 is 0. The van der Waals surface area contributed by atoms with Gasteiger partial charge in [-0.2, -0.15) is 0 Å². The van der Waals surface area contributed by atoms with Crippen LogP contribution in [0.1, 0.15) is 49.1 Å². The van der Waals surface area contributed by atoms with Gasteiger partial charge in [0.2, 0.25) is 0 Å². The number of carbonyl (C=O) groups is 1. The second kappa shape index (κ2) is 6.01. The van der Waals surface area contributed by atoms with Gasteiger partial charge < -0.3 is 10.2 Å². The summed E-state index contributed by atoms with van der Waals surface area (Å²) in [6.07, 6.45) is 4.64. The fourth-order valence-corrected chi connectivity index (χ4v) is 2.73. The summed E-state index contributed by atoms with van der Waals surface area (Å²) in [6.45, 7) is 0. The Kier molecular flexibility index (Phi) is 4.37.